The molecule has 0 radical (unpaired) electrons. The van der Waals surface area contributed by atoms with E-state index in [1.807, 2.05) is 41.2 Å². The van der Waals surface area contributed by atoms with Crippen LogP contribution >= 0.6 is 0 Å². The maximum atomic E-state index is 12.9. The fourth-order valence-corrected chi connectivity index (χ4v) is 4.23. The first kappa shape index (κ1) is 20.1. The number of nitrogens with zero attached hydrogens (tertiary/aromatic N) is 3. The highest BCUT2D eigenvalue weighted by atomic mass is 16.2. The van der Waals surface area contributed by atoms with Crippen LogP contribution in [-0.4, -0.2) is 44.6 Å². The van der Waals surface area contributed by atoms with Gasteiger partial charge in [-0.15, -0.1) is 0 Å². The highest BCUT2D eigenvalue weighted by Gasteiger charge is 2.52. The number of carbonyl (C=O) groups is 3. The lowest BCUT2D eigenvalue weighted by atomic mass is 9.77. The van der Waals surface area contributed by atoms with Crippen molar-refractivity contribution in [3.63, 3.8) is 0 Å². The zero-order valence-electron chi connectivity index (χ0n) is 17.1. The molecule has 4 amide bonds. The average molecular weight is 409 g/mol. The lowest BCUT2D eigenvalue weighted by Crippen LogP contribution is -2.49. The van der Waals surface area contributed by atoms with Crippen LogP contribution in [0, 0.1) is 5.92 Å². The van der Waals surface area contributed by atoms with Crippen molar-refractivity contribution in [2.24, 2.45) is 5.92 Å². The van der Waals surface area contributed by atoms with Crippen molar-refractivity contribution in [1.29, 1.82) is 0 Å². The van der Waals surface area contributed by atoms with Crippen LogP contribution in [0.15, 0.2) is 42.7 Å². The van der Waals surface area contributed by atoms with E-state index in [-0.39, 0.29) is 18.4 Å². The Morgan fingerprint density at radius 2 is 2.00 bits per heavy atom. The molecule has 0 atom stereocenters. The van der Waals surface area contributed by atoms with Crippen molar-refractivity contribution >= 4 is 17.8 Å². The van der Waals surface area contributed by atoms with Crippen LogP contribution < -0.4 is 10.6 Å². The van der Waals surface area contributed by atoms with Gasteiger partial charge in [-0.1, -0.05) is 31.2 Å². The predicted molar refractivity (Wildman–Crippen MR) is 110 cm³/mol. The zero-order valence-corrected chi connectivity index (χ0v) is 17.1. The number of nitrogens with one attached hydrogen (secondary N) is 2. The van der Waals surface area contributed by atoms with Crippen molar-refractivity contribution in [1.82, 2.24) is 25.3 Å². The van der Waals surface area contributed by atoms with Crippen molar-refractivity contribution in [2.45, 2.75) is 51.2 Å². The summed E-state index contributed by atoms with van der Waals surface area (Å²) in [5, 5.41) is 9.86. The predicted octanol–water partition coefficient (Wildman–Crippen LogP) is 2.05. The molecule has 2 heterocycles. The second-order valence-electron chi connectivity index (χ2n) is 8.39. The Morgan fingerprint density at radius 3 is 2.73 bits per heavy atom. The van der Waals surface area contributed by atoms with Gasteiger partial charge in [-0.25, -0.2) is 4.79 Å². The van der Waals surface area contributed by atoms with Crippen molar-refractivity contribution in [3.8, 4) is 0 Å². The molecule has 1 aliphatic heterocycles. The summed E-state index contributed by atoms with van der Waals surface area (Å²) in [6.45, 7) is 2.88. The van der Waals surface area contributed by atoms with Crippen molar-refractivity contribution in [2.75, 3.05) is 6.54 Å². The van der Waals surface area contributed by atoms with Gasteiger partial charge in [-0.2, -0.15) is 5.10 Å². The third-order valence-electron chi connectivity index (χ3n) is 6.06. The third kappa shape index (κ3) is 4.22. The number of amides is 4. The van der Waals surface area contributed by atoms with Crippen LogP contribution in [0.25, 0.3) is 0 Å². The molecule has 0 bridgehead atoms. The highest BCUT2D eigenvalue weighted by Crippen LogP contribution is 2.36. The number of carbonyl (C=O) groups excluding carboxylic acids is 3. The summed E-state index contributed by atoms with van der Waals surface area (Å²) in [5.41, 5.74) is 1.21. The van der Waals surface area contributed by atoms with Gasteiger partial charge >= 0.3 is 6.03 Å². The summed E-state index contributed by atoms with van der Waals surface area (Å²) < 4.78 is 1.83. The van der Waals surface area contributed by atoms with Gasteiger partial charge in [0.1, 0.15) is 12.1 Å². The number of urea groups is 1. The third-order valence-corrected chi connectivity index (χ3v) is 6.06. The Hall–Kier alpha value is -3.16. The molecule has 1 aromatic carbocycles. The summed E-state index contributed by atoms with van der Waals surface area (Å²) in [7, 11) is 0. The van der Waals surface area contributed by atoms with Crippen LogP contribution in [-0.2, 0) is 22.7 Å². The fraction of sp³-hybridized carbons (Fsp3) is 0.455. The lowest BCUT2D eigenvalue weighted by molar-refractivity contribution is -0.136. The molecule has 158 valence electrons. The smallest absolute Gasteiger partial charge is 0.325 e. The van der Waals surface area contributed by atoms with E-state index < -0.39 is 11.6 Å². The van der Waals surface area contributed by atoms with Gasteiger partial charge in [0.15, 0.2) is 0 Å². The molecule has 1 aromatic heterocycles. The molecule has 2 aromatic rings. The summed E-state index contributed by atoms with van der Waals surface area (Å²) in [4.78, 5) is 38.7. The molecular weight excluding hydrogens is 382 g/mol. The molecule has 2 aliphatic rings. The minimum absolute atomic E-state index is 0.255. The molecule has 8 nitrogen and oxygen atoms in total. The normalized spacial score (nSPS) is 23.6. The van der Waals surface area contributed by atoms with Gasteiger partial charge in [0.05, 0.1) is 6.54 Å². The van der Waals surface area contributed by atoms with Gasteiger partial charge in [-0.05, 0) is 48.8 Å². The molecule has 1 saturated carbocycles. The molecule has 2 N–H and O–H groups in total. The molecule has 1 aliphatic carbocycles. The van der Waals surface area contributed by atoms with Crippen LogP contribution in [0.4, 0.5) is 4.79 Å². The van der Waals surface area contributed by atoms with E-state index in [0.717, 1.165) is 28.9 Å². The van der Waals surface area contributed by atoms with Crippen molar-refractivity contribution < 1.29 is 14.4 Å². The Balaban J connectivity index is 1.32. The number of imide groups is 1. The van der Waals surface area contributed by atoms with E-state index in [0.29, 0.717) is 31.8 Å². The minimum atomic E-state index is -0.815. The maximum Gasteiger partial charge on any atom is 0.325 e. The molecule has 8 heteroatoms. The minimum Gasteiger partial charge on any atom is -0.350 e. The molecule has 4 rings (SSSR count). The Morgan fingerprint density at radius 1 is 1.23 bits per heavy atom. The second-order valence-corrected chi connectivity index (χ2v) is 8.39. The largest absolute Gasteiger partial charge is 0.350 e. The molecular formula is C22H27N5O3. The fourth-order valence-electron chi connectivity index (χ4n) is 4.23. The molecule has 30 heavy (non-hydrogen) atoms. The van der Waals surface area contributed by atoms with E-state index in [9.17, 15) is 14.4 Å². The Labute approximate surface area is 175 Å². The van der Waals surface area contributed by atoms with E-state index in [1.54, 1.807) is 6.20 Å². The number of rotatable bonds is 6. The number of hydrogen-bond donors (Lipinski definition) is 2. The highest BCUT2D eigenvalue weighted by molar-refractivity contribution is 6.09. The molecule has 1 saturated heterocycles. The first-order valence-electron chi connectivity index (χ1n) is 10.4. The van der Waals surface area contributed by atoms with Crippen LogP contribution in [0.3, 0.4) is 0 Å². The summed E-state index contributed by atoms with van der Waals surface area (Å²) >= 11 is 0. The van der Waals surface area contributed by atoms with Crippen LogP contribution in [0.1, 0.15) is 43.7 Å². The quantitative estimate of drug-likeness (QED) is 0.714. The first-order chi connectivity index (χ1) is 14.4. The zero-order chi connectivity index (χ0) is 21.1. The van der Waals surface area contributed by atoms with Gasteiger partial charge in [-0.3, -0.25) is 19.2 Å². The number of aromatic nitrogens is 2. The number of hydrogen-bond acceptors (Lipinski definition) is 4. The molecule has 0 unspecified atom stereocenters. The summed E-state index contributed by atoms with van der Waals surface area (Å²) in [6.07, 6.45) is 6.71. The van der Waals surface area contributed by atoms with Gasteiger partial charge in [0, 0.05) is 18.9 Å². The topological polar surface area (TPSA) is 96.3 Å². The lowest BCUT2D eigenvalue weighted by Gasteiger charge is -2.33. The monoisotopic (exact) mass is 409 g/mol. The van der Waals surface area contributed by atoms with Gasteiger partial charge in [0.25, 0.3) is 5.91 Å². The Kier molecular flexibility index (Phi) is 5.57. The van der Waals surface area contributed by atoms with E-state index in [2.05, 4.69) is 22.7 Å². The summed E-state index contributed by atoms with van der Waals surface area (Å²) in [5.74, 6) is -0.0605. The standard InChI is InChI=1S/C22H27N5O3/c1-16-6-8-22(9-7-16)20(29)27(21(30)25-22)15-19(28)23-13-17-4-2-5-18(12-17)14-26-11-3-10-24-26/h2-5,10-12,16H,6-9,13-15H2,1H3,(H,23,28)(H,25,30). The van der Waals surface area contributed by atoms with Crippen LogP contribution in [0.2, 0.25) is 0 Å². The first-order valence-corrected chi connectivity index (χ1v) is 10.4. The van der Waals surface area contributed by atoms with Crippen LogP contribution in [0.5, 0.6) is 0 Å². The second kappa shape index (κ2) is 8.30. The van der Waals surface area contributed by atoms with E-state index in [1.165, 1.54) is 0 Å². The SMILES string of the molecule is CC1CCC2(CC1)NC(=O)N(CC(=O)NCc1cccc(Cn3cccn3)c1)C2=O. The average Bonchev–Trinajstić information content (AvgIpc) is 3.32. The van der Waals surface area contributed by atoms with E-state index >= 15 is 0 Å². The van der Waals surface area contributed by atoms with E-state index in [4.69, 9.17) is 0 Å². The molecule has 1 spiro atoms. The molecule has 2 fully saturated rings. The van der Waals surface area contributed by atoms with Gasteiger partial charge in [0.2, 0.25) is 5.91 Å². The van der Waals surface area contributed by atoms with Crippen molar-refractivity contribution in [3.05, 3.63) is 53.9 Å². The summed E-state index contributed by atoms with van der Waals surface area (Å²) in [6, 6.07) is 9.28. The number of benzene rings is 1. The maximum absolute atomic E-state index is 12.9. The van der Waals surface area contributed by atoms with Gasteiger partial charge < -0.3 is 10.6 Å². The Bertz CT molecular complexity index is 932.